The molecule has 3 nitrogen and oxygen atoms in total. The summed E-state index contributed by atoms with van der Waals surface area (Å²) in [6, 6.07) is 4.03. The maximum absolute atomic E-state index is 5.39. The van der Waals surface area contributed by atoms with Crippen LogP contribution in [0.1, 0.15) is 25.5 Å². The number of hydrogen-bond acceptors (Lipinski definition) is 3. The van der Waals surface area contributed by atoms with Crippen LogP contribution in [0.5, 0.6) is 0 Å². The zero-order valence-corrected chi connectivity index (χ0v) is 9.62. The summed E-state index contributed by atoms with van der Waals surface area (Å²) in [6.45, 7) is 6.78. The van der Waals surface area contributed by atoms with Crippen LogP contribution in [0.2, 0.25) is 0 Å². The summed E-state index contributed by atoms with van der Waals surface area (Å²) in [5, 5.41) is 3.34. The van der Waals surface area contributed by atoms with Crippen molar-refractivity contribution in [3.8, 4) is 0 Å². The molecule has 0 saturated carbocycles. The lowest BCUT2D eigenvalue weighted by Crippen LogP contribution is -2.06. The molecule has 0 aliphatic heterocycles. The van der Waals surface area contributed by atoms with Crippen LogP contribution in [0, 0.1) is 6.92 Å². The van der Waals surface area contributed by atoms with E-state index < -0.39 is 0 Å². The molecule has 1 heterocycles. The van der Waals surface area contributed by atoms with Crippen molar-refractivity contribution in [2.24, 2.45) is 0 Å². The Labute approximate surface area is 91.9 Å². The molecule has 0 bridgehead atoms. The minimum atomic E-state index is 0.838. The largest absolute Gasteiger partial charge is 0.385 e. The molecule has 1 aromatic rings. The lowest BCUT2D eigenvalue weighted by Gasteiger charge is -2.06. The maximum atomic E-state index is 5.39. The van der Waals surface area contributed by atoms with Gasteiger partial charge in [-0.3, -0.25) is 4.98 Å². The second kappa shape index (κ2) is 7.23. The highest BCUT2D eigenvalue weighted by molar-refractivity contribution is 5.42. The fourth-order valence-electron chi connectivity index (χ4n) is 1.31. The molecule has 0 aromatic carbocycles. The summed E-state index contributed by atoms with van der Waals surface area (Å²) in [4.78, 5) is 4.14. The summed E-state index contributed by atoms with van der Waals surface area (Å²) < 4.78 is 5.39. The highest BCUT2D eigenvalue weighted by Crippen LogP contribution is 2.06. The first-order valence-corrected chi connectivity index (χ1v) is 5.57. The third-order valence-electron chi connectivity index (χ3n) is 2.04. The van der Waals surface area contributed by atoms with Crippen LogP contribution in [0.25, 0.3) is 0 Å². The van der Waals surface area contributed by atoms with Crippen molar-refractivity contribution in [3.05, 3.63) is 24.0 Å². The van der Waals surface area contributed by atoms with Gasteiger partial charge in [-0.05, 0) is 31.9 Å². The summed E-state index contributed by atoms with van der Waals surface area (Å²) in [5.74, 6) is 0. The normalized spacial score (nSPS) is 10.3. The Morgan fingerprint density at radius 2 is 2.27 bits per heavy atom. The fourth-order valence-corrected chi connectivity index (χ4v) is 1.31. The van der Waals surface area contributed by atoms with Crippen LogP contribution < -0.4 is 5.32 Å². The van der Waals surface area contributed by atoms with E-state index in [0.29, 0.717) is 0 Å². The van der Waals surface area contributed by atoms with E-state index in [0.717, 1.165) is 44.0 Å². The number of anilines is 1. The summed E-state index contributed by atoms with van der Waals surface area (Å²) in [6.07, 6.45) is 3.96. The van der Waals surface area contributed by atoms with Crippen molar-refractivity contribution < 1.29 is 4.74 Å². The molecular formula is C12H20N2O. The van der Waals surface area contributed by atoms with Crippen LogP contribution in [0.4, 0.5) is 5.69 Å². The Morgan fingerprint density at radius 1 is 1.40 bits per heavy atom. The number of aryl methyl sites for hydroxylation is 1. The Balaban J connectivity index is 2.10. The van der Waals surface area contributed by atoms with Gasteiger partial charge >= 0.3 is 0 Å². The van der Waals surface area contributed by atoms with Crippen molar-refractivity contribution in [1.82, 2.24) is 4.98 Å². The van der Waals surface area contributed by atoms with Gasteiger partial charge in [0.2, 0.25) is 0 Å². The van der Waals surface area contributed by atoms with Gasteiger partial charge < -0.3 is 10.1 Å². The molecule has 1 N–H and O–H groups in total. The van der Waals surface area contributed by atoms with Crippen LogP contribution in [-0.2, 0) is 4.74 Å². The Hall–Kier alpha value is -1.09. The minimum absolute atomic E-state index is 0.838. The SMILES string of the molecule is CCCOCCCNc1ccnc(C)c1. The molecular weight excluding hydrogens is 188 g/mol. The third-order valence-corrected chi connectivity index (χ3v) is 2.04. The predicted octanol–water partition coefficient (Wildman–Crippen LogP) is 2.62. The van der Waals surface area contributed by atoms with Crippen molar-refractivity contribution in [2.45, 2.75) is 26.7 Å². The first kappa shape index (κ1) is 12.0. The number of aromatic nitrogens is 1. The van der Waals surface area contributed by atoms with Crippen molar-refractivity contribution >= 4 is 5.69 Å². The zero-order chi connectivity index (χ0) is 10.9. The van der Waals surface area contributed by atoms with E-state index in [1.807, 2.05) is 25.3 Å². The smallest absolute Gasteiger partial charge is 0.0482 e. The molecule has 0 spiro atoms. The Bertz CT molecular complexity index is 276. The van der Waals surface area contributed by atoms with E-state index >= 15 is 0 Å². The van der Waals surface area contributed by atoms with E-state index in [1.165, 1.54) is 0 Å². The van der Waals surface area contributed by atoms with Gasteiger partial charge in [-0.1, -0.05) is 6.92 Å². The number of pyridine rings is 1. The van der Waals surface area contributed by atoms with Crippen LogP contribution in [0.15, 0.2) is 18.3 Å². The monoisotopic (exact) mass is 208 g/mol. The third kappa shape index (κ3) is 5.37. The van der Waals surface area contributed by atoms with Crippen LogP contribution in [-0.4, -0.2) is 24.7 Å². The lowest BCUT2D eigenvalue weighted by molar-refractivity contribution is 0.134. The fraction of sp³-hybridized carbons (Fsp3) is 0.583. The topological polar surface area (TPSA) is 34.1 Å². The molecule has 1 aromatic heterocycles. The van der Waals surface area contributed by atoms with Gasteiger partial charge in [0.05, 0.1) is 0 Å². The van der Waals surface area contributed by atoms with E-state index in [9.17, 15) is 0 Å². The molecule has 0 saturated heterocycles. The highest BCUT2D eigenvalue weighted by Gasteiger charge is 1.92. The predicted molar refractivity (Wildman–Crippen MR) is 63.2 cm³/mol. The second-order valence-corrected chi connectivity index (χ2v) is 3.58. The molecule has 0 radical (unpaired) electrons. The van der Waals surface area contributed by atoms with Crippen LogP contribution in [0.3, 0.4) is 0 Å². The summed E-state index contributed by atoms with van der Waals surface area (Å²) in [5.41, 5.74) is 2.18. The first-order valence-electron chi connectivity index (χ1n) is 5.57. The molecule has 0 unspecified atom stereocenters. The number of rotatable bonds is 7. The van der Waals surface area contributed by atoms with Crippen LogP contribution >= 0.6 is 0 Å². The van der Waals surface area contributed by atoms with E-state index in [4.69, 9.17) is 4.74 Å². The van der Waals surface area contributed by atoms with Crippen molar-refractivity contribution in [1.29, 1.82) is 0 Å². The van der Waals surface area contributed by atoms with Gasteiger partial charge in [-0.25, -0.2) is 0 Å². The van der Waals surface area contributed by atoms with Gasteiger partial charge in [0.1, 0.15) is 0 Å². The summed E-state index contributed by atoms with van der Waals surface area (Å²) in [7, 11) is 0. The molecule has 0 atom stereocenters. The standard InChI is InChI=1S/C12H20N2O/c1-3-8-15-9-4-6-14-12-5-7-13-11(2)10-12/h5,7,10H,3-4,6,8-9H2,1-2H3,(H,13,14). The first-order chi connectivity index (χ1) is 7.33. The maximum Gasteiger partial charge on any atom is 0.0482 e. The van der Waals surface area contributed by atoms with Gasteiger partial charge in [0.15, 0.2) is 0 Å². The molecule has 0 aliphatic rings. The second-order valence-electron chi connectivity index (χ2n) is 3.58. The Morgan fingerprint density at radius 3 is 3.00 bits per heavy atom. The van der Waals surface area contributed by atoms with Gasteiger partial charge in [-0.2, -0.15) is 0 Å². The molecule has 3 heteroatoms. The van der Waals surface area contributed by atoms with E-state index in [2.05, 4.69) is 17.2 Å². The highest BCUT2D eigenvalue weighted by atomic mass is 16.5. The van der Waals surface area contributed by atoms with Gasteiger partial charge in [-0.15, -0.1) is 0 Å². The zero-order valence-electron chi connectivity index (χ0n) is 9.62. The van der Waals surface area contributed by atoms with Gasteiger partial charge in [0.25, 0.3) is 0 Å². The van der Waals surface area contributed by atoms with E-state index in [1.54, 1.807) is 0 Å². The number of nitrogens with zero attached hydrogens (tertiary/aromatic N) is 1. The average Bonchev–Trinajstić information content (AvgIpc) is 2.23. The number of hydrogen-bond donors (Lipinski definition) is 1. The van der Waals surface area contributed by atoms with E-state index in [-0.39, 0.29) is 0 Å². The molecule has 0 amide bonds. The number of nitrogens with one attached hydrogen (secondary N) is 1. The molecule has 0 aliphatic carbocycles. The summed E-state index contributed by atoms with van der Waals surface area (Å²) >= 11 is 0. The molecule has 15 heavy (non-hydrogen) atoms. The van der Waals surface area contributed by atoms with Crippen molar-refractivity contribution in [2.75, 3.05) is 25.1 Å². The lowest BCUT2D eigenvalue weighted by atomic mass is 10.3. The molecule has 84 valence electrons. The quantitative estimate of drug-likeness (QED) is 0.699. The molecule has 1 rings (SSSR count). The molecule has 0 fully saturated rings. The van der Waals surface area contributed by atoms with Crippen molar-refractivity contribution in [3.63, 3.8) is 0 Å². The minimum Gasteiger partial charge on any atom is -0.385 e. The number of ether oxygens (including phenoxy) is 1. The van der Waals surface area contributed by atoms with Gasteiger partial charge in [0, 0.05) is 37.3 Å². The average molecular weight is 208 g/mol. The Kier molecular flexibility index (Phi) is 5.78.